The SMILES string of the molecule is C[C@@H](COC(F)F)Cc1ncc2c(-c3cnn(C(C)(C)C(=O)N4CC5(CCC5)C4)c3)cc(C3CCC(O)CC3)n2n1. The Labute approximate surface area is 238 Å². The van der Waals surface area contributed by atoms with E-state index >= 15 is 0 Å². The average Bonchev–Trinajstić information content (AvgIpc) is 3.52. The van der Waals surface area contributed by atoms with Gasteiger partial charge < -0.3 is 14.7 Å². The van der Waals surface area contributed by atoms with Crippen molar-refractivity contribution in [2.45, 2.75) is 96.3 Å². The second kappa shape index (κ2) is 10.7. The minimum absolute atomic E-state index is 0.0739. The molecule has 2 aliphatic carbocycles. The number of carbonyl (C=O) groups is 1. The van der Waals surface area contributed by atoms with Crippen LogP contribution in [0, 0.1) is 11.3 Å². The largest absolute Gasteiger partial charge is 0.393 e. The number of fused-ring (bicyclic) bond motifs is 1. The molecular weight excluding hydrogens is 530 g/mol. The van der Waals surface area contributed by atoms with Gasteiger partial charge in [-0.05, 0) is 64.4 Å². The molecule has 9 nitrogen and oxygen atoms in total. The second-order valence-electron chi connectivity index (χ2n) is 13.1. The monoisotopic (exact) mass is 570 g/mol. The van der Waals surface area contributed by atoms with Gasteiger partial charge in [-0.2, -0.15) is 19.0 Å². The Balaban J connectivity index is 1.28. The predicted molar refractivity (Wildman–Crippen MR) is 148 cm³/mol. The number of nitrogens with zero attached hydrogens (tertiary/aromatic N) is 6. The highest BCUT2D eigenvalue weighted by Crippen LogP contribution is 2.49. The fraction of sp³-hybridized carbons (Fsp3) is 0.667. The van der Waals surface area contributed by atoms with E-state index in [9.17, 15) is 18.7 Å². The van der Waals surface area contributed by atoms with Crippen LogP contribution < -0.4 is 0 Å². The molecule has 1 aliphatic heterocycles. The van der Waals surface area contributed by atoms with Gasteiger partial charge in [-0.15, -0.1) is 0 Å². The number of halogens is 2. The first-order valence-corrected chi connectivity index (χ1v) is 14.8. The van der Waals surface area contributed by atoms with Gasteiger partial charge in [-0.1, -0.05) is 13.3 Å². The lowest BCUT2D eigenvalue weighted by Gasteiger charge is -2.57. The Hall–Kier alpha value is -2.92. The van der Waals surface area contributed by atoms with Crippen molar-refractivity contribution in [3.8, 4) is 11.1 Å². The molecule has 0 aromatic carbocycles. The molecule has 1 atom stereocenters. The Morgan fingerprint density at radius 3 is 2.59 bits per heavy atom. The fourth-order valence-corrected chi connectivity index (χ4v) is 6.80. The number of ether oxygens (including phenoxy) is 1. The molecule has 1 spiro atoms. The first-order chi connectivity index (χ1) is 19.5. The highest BCUT2D eigenvalue weighted by Gasteiger charge is 2.51. The maximum absolute atomic E-state index is 13.4. The lowest BCUT2D eigenvalue weighted by Crippen LogP contribution is -2.64. The van der Waals surface area contributed by atoms with Gasteiger partial charge in [0.1, 0.15) is 11.4 Å². The van der Waals surface area contributed by atoms with Crippen molar-refractivity contribution in [3.05, 3.63) is 36.2 Å². The molecule has 222 valence electrons. The van der Waals surface area contributed by atoms with Crippen LogP contribution in [0.1, 0.15) is 83.2 Å². The molecule has 3 aromatic rings. The van der Waals surface area contributed by atoms with E-state index in [1.807, 2.05) is 36.4 Å². The van der Waals surface area contributed by atoms with Crippen LogP contribution in [-0.4, -0.2) is 72.7 Å². The molecule has 3 aromatic heterocycles. The summed E-state index contributed by atoms with van der Waals surface area (Å²) in [5.74, 6) is 0.697. The van der Waals surface area contributed by atoms with Gasteiger partial charge in [-0.25, -0.2) is 9.50 Å². The zero-order valence-corrected chi connectivity index (χ0v) is 24.1. The number of aliphatic hydroxyl groups is 1. The van der Waals surface area contributed by atoms with Crippen LogP contribution in [0.3, 0.4) is 0 Å². The molecule has 6 rings (SSSR count). The van der Waals surface area contributed by atoms with Gasteiger partial charge in [0, 0.05) is 53.9 Å². The van der Waals surface area contributed by atoms with Crippen molar-refractivity contribution in [2.24, 2.45) is 11.3 Å². The normalized spacial score (nSPS) is 23.1. The van der Waals surface area contributed by atoms with Gasteiger partial charge in [0.2, 0.25) is 5.91 Å². The summed E-state index contributed by atoms with van der Waals surface area (Å²) in [6.45, 7) is 4.50. The molecule has 3 aliphatic rings. The van der Waals surface area contributed by atoms with Crippen LogP contribution in [0.4, 0.5) is 8.78 Å². The van der Waals surface area contributed by atoms with Crippen molar-refractivity contribution in [1.82, 2.24) is 29.3 Å². The molecule has 1 amide bonds. The molecule has 41 heavy (non-hydrogen) atoms. The molecule has 1 saturated heterocycles. The summed E-state index contributed by atoms with van der Waals surface area (Å²) < 4.78 is 33.2. The van der Waals surface area contributed by atoms with Crippen molar-refractivity contribution in [1.29, 1.82) is 0 Å². The number of hydrogen-bond acceptors (Lipinski definition) is 6. The lowest BCUT2D eigenvalue weighted by atomic mass is 9.63. The highest BCUT2D eigenvalue weighted by atomic mass is 19.3. The summed E-state index contributed by atoms with van der Waals surface area (Å²) in [7, 11) is 0. The van der Waals surface area contributed by atoms with Crippen molar-refractivity contribution < 1.29 is 23.4 Å². The number of amides is 1. The number of aromatic nitrogens is 5. The van der Waals surface area contributed by atoms with Gasteiger partial charge in [-0.3, -0.25) is 9.48 Å². The van der Waals surface area contributed by atoms with E-state index < -0.39 is 12.2 Å². The van der Waals surface area contributed by atoms with Gasteiger partial charge >= 0.3 is 6.61 Å². The van der Waals surface area contributed by atoms with Crippen LogP contribution in [0.2, 0.25) is 0 Å². The van der Waals surface area contributed by atoms with Crippen LogP contribution >= 0.6 is 0 Å². The number of aliphatic hydroxyl groups excluding tert-OH is 1. The molecule has 3 fully saturated rings. The maximum Gasteiger partial charge on any atom is 0.345 e. The van der Waals surface area contributed by atoms with E-state index in [0.29, 0.717) is 17.7 Å². The van der Waals surface area contributed by atoms with Gasteiger partial charge in [0.25, 0.3) is 0 Å². The van der Waals surface area contributed by atoms with Crippen molar-refractivity contribution in [2.75, 3.05) is 19.7 Å². The van der Waals surface area contributed by atoms with E-state index in [1.165, 1.54) is 19.3 Å². The molecule has 0 unspecified atom stereocenters. The summed E-state index contributed by atoms with van der Waals surface area (Å²) in [6, 6.07) is 2.13. The minimum Gasteiger partial charge on any atom is -0.393 e. The Bertz CT molecular complexity index is 1400. The number of rotatable bonds is 9. The van der Waals surface area contributed by atoms with Crippen molar-refractivity contribution in [3.63, 3.8) is 0 Å². The summed E-state index contributed by atoms with van der Waals surface area (Å²) in [5, 5.41) is 19.6. The summed E-state index contributed by atoms with van der Waals surface area (Å²) in [4.78, 5) is 20.0. The molecule has 11 heteroatoms. The van der Waals surface area contributed by atoms with Gasteiger partial charge in [0.15, 0.2) is 0 Å². The summed E-state index contributed by atoms with van der Waals surface area (Å²) >= 11 is 0. The van der Waals surface area contributed by atoms with Crippen molar-refractivity contribution >= 4 is 11.4 Å². The van der Waals surface area contributed by atoms with Gasteiger partial charge in [0.05, 0.1) is 30.6 Å². The first kappa shape index (κ1) is 28.2. The van der Waals surface area contributed by atoms with E-state index in [4.69, 9.17) is 5.10 Å². The Kier molecular flexibility index (Phi) is 7.38. The minimum atomic E-state index is -2.80. The molecule has 2 saturated carbocycles. The molecule has 0 bridgehead atoms. The lowest BCUT2D eigenvalue weighted by molar-refractivity contribution is -0.158. The topological polar surface area (TPSA) is 97.8 Å². The maximum atomic E-state index is 13.4. The van der Waals surface area contributed by atoms with E-state index in [0.717, 1.165) is 61.1 Å². The average molecular weight is 571 g/mol. The summed E-state index contributed by atoms with van der Waals surface area (Å²) in [6.07, 6.45) is 12.5. The fourth-order valence-electron chi connectivity index (χ4n) is 6.80. The number of alkyl halides is 2. The first-order valence-electron chi connectivity index (χ1n) is 14.8. The summed E-state index contributed by atoms with van der Waals surface area (Å²) in [5.41, 5.74) is 3.21. The molecule has 4 heterocycles. The van der Waals surface area contributed by atoms with Crippen LogP contribution in [-0.2, 0) is 21.5 Å². The number of likely N-dealkylation sites (tertiary alicyclic amines) is 1. The van der Waals surface area contributed by atoms with E-state index in [2.05, 4.69) is 20.9 Å². The van der Waals surface area contributed by atoms with Crippen LogP contribution in [0.15, 0.2) is 24.7 Å². The number of hydrogen-bond donors (Lipinski definition) is 1. The number of carbonyl (C=O) groups excluding carboxylic acids is 1. The third kappa shape index (κ3) is 5.38. The van der Waals surface area contributed by atoms with Crippen LogP contribution in [0.25, 0.3) is 16.6 Å². The zero-order valence-electron chi connectivity index (χ0n) is 24.1. The predicted octanol–water partition coefficient (Wildman–Crippen LogP) is 4.78. The Morgan fingerprint density at radius 2 is 1.93 bits per heavy atom. The molecule has 0 radical (unpaired) electrons. The van der Waals surface area contributed by atoms with E-state index in [1.54, 1.807) is 17.1 Å². The third-order valence-corrected chi connectivity index (χ3v) is 9.49. The standard InChI is InChI=1S/C30H40F2N6O3/c1-19(16-41-28(31)32)11-26-33-14-25-23(12-24(38(25)35-26)20-5-7-22(39)8-6-20)21-13-34-37(15-21)29(2,3)27(40)36-17-30(18-36)9-4-10-30/h12-15,19-20,22,28,39H,4-11,16-18H2,1-3H3/t19-,20?,22?/m1/s1. The quantitative estimate of drug-likeness (QED) is 0.398. The third-order valence-electron chi connectivity index (χ3n) is 9.49. The van der Waals surface area contributed by atoms with Crippen LogP contribution in [0.5, 0.6) is 0 Å². The zero-order chi connectivity index (χ0) is 28.9. The molecule has 1 N–H and O–H groups in total. The smallest absolute Gasteiger partial charge is 0.345 e. The Morgan fingerprint density at radius 1 is 1.20 bits per heavy atom. The molecular formula is C30H40F2N6O3. The van der Waals surface area contributed by atoms with E-state index in [-0.39, 0.29) is 30.5 Å². The second-order valence-corrected chi connectivity index (χ2v) is 13.1. The highest BCUT2D eigenvalue weighted by molar-refractivity contribution is 5.85.